The summed E-state index contributed by atoms with van der Waals surface area (Å²) in [6.07, 6.45) is 2.16. The highest BCUT2D eigenvalue weighted by atomic mass is 32.2. The molecule has 9 nitrogen and oxygen atoms in total. The molecule has 0 bridgehead atoms. The Morgan fingerprint density at radius 2 is 1.48 bits per heavy atom. The lowest BCUT2D eigenvalue weighted by molar-refractivity contribution is -0.140. The average Bonchev–Trinajstić information content (AvgIpc) is 2.95. The molecule has 0 spiro atoms. The van der Waals surface area contributed by atoms with Gasteiger partial charge in [0.1, 0.15) is 29.8 Å². The van der Waals surface area contributed by atoms with Gasteiger partial charge in [0, 0.05) is 13.1 Å². The second-order valence-corrected chi connectivity index (χ2v) is 11.2. The Hall–Kier alpha value is -4.05. The lowest BCUT2D eigenvalue weighted by atomic mass is 10.1. The number of nitrogens with one attached hydrogen (secondary N) is 1. The normalized spacial score (nSPS) is 11.8. The summed E-state index contributed by atoms with van der Waals surface area (Å²) >= 11 is 0. The van der Waals surface area contributed by atoms with Crippen LogP contribution in [0.5, 0.6) is 17.2 Å². The molecule has 1 N–H and O–H groups in total. The molecule has 0 aliphatic carbocycles. The maximum Gasteiger partial charge on any atom is 0.244 e. The van der Waals surface area contributed by atoms with Crippen LogP contribution in [0.3, 0.4) is 0 Å². The van der Waals surface area contributed by atoms with Crippen molar-refractivity contribution >= 4 is 27.5 Å². The largest absolute Gasteiger partial charge is 0.497 e. The van der Waals surface area contributed by atoms with Crippen LogP contribution in [0, 0.1) is 0 Å². The fourth-order valence-electron chi connectivity index (χ4n) is 4.13. The summed E-state index contributed by atoms with van der Waals surface area (Å²) in [5.41, 5.74) is 1.09. The number of rotatable bonds is 14. The van der Waals surface area contributed by atoms with E-state index in [9.17, 15) is 18.0 Å². The van der Waals surface area contributed by atoms with Crippen LogP contribution in [0.15, 0.2) is 78.9 Å². The second kappa shape index (κ2) is 14.4. The van der Waals surface area contributed by atoms with E-state index in [1.54, 1.807) is 43.5 Å². The topological polar surface area (TPSA) is 105 Å². The Bertz CT molecular complexity index is 1350. The molecule has 0 fully saturated rings. The van der Waals surface area contributed by atoms with E-state index < -0.39 is 28.5 Å². The summed E-state index contributed by atoms with van der Waals surface area (Å²) in [6.45, 7) is 3.91. The van der Waals surface area contributed by atoms with Crippen molar-refractivity contribution in [1.82, 2.24) is 10.2 Å². The highest BCUT2D eigenvalue weighted by Crippen LogP contribution is 2.26. The molecule has 40 heavy (non-hydrogen) atoms. The van der Waals surface area contributed by atoms with Crippen LogP contribution in [0.25, 0.3) is 0 Å². The molecular formula is C30H37N3O6S. The number of carbonyl (C=O) groups excluding carboxylic acids is 2. The maximum atomic E-state index is 13.8. The smallest absolute Gasteiger partial charge is 0.244 e. The summed E-state index contributed by atoms with van der Waals surface area (Å²) in [5, 5.41) is 2.87. The predicted octanol–water partition coefficient (Wildman–Crippen LogP) is 4.59. The lowest BCUT2D eigenvalue weighted by Crippen LogP contribution is -2.52. The highest BCUT2D eigenvalue weighted by Gasteiger charge is 2.31. The standard InChI is InChI=1S/C30H37N3O6S/c1-5-20-31-30(35)28(6-2)32(21-23-12-16-25(38-3)17-13-23)29(34)22-33(40(4,36)37)24-14-18-27(19-15-24)39-26-10-8-7-9-11-26/h7-19,28H,5-6,20-22H2,1-4H3,(H,31,35)/t28-/m0/s1. The molecule has 3 aromatic rings. The predicted molar refractivity (Wildman–Crippen MR) is 156 cm³/mol. The van der Waals surface area contributed by atoms with E-state index >= 15 is 0 Å². The number of anilines is 1. The molecule has 0 saturated heterocycles. The minimum absolute atomic E-state index is 0.127. The molecule has 10 heteroatoms. The maximum absolute atomic E-state index is 13.8. The van der Waals surface area contributed by atoms with Gasteiger partial charge in [-0.15, -0.1) is 0 Å². The molecule has 0 unspecified atom stereocenters. The Kier molecular flexibility index (Phi) is 11.0. The van der Waals surface area contributed by atoms with Crippen LogP contribution in [0.4, 0.5) is 5.69 Å². The Morgan fingerprint density at radius 3 is 2.02 bits per heavy atom. The van der Waals surface area contributed by atoms with E-state index in [0.29, 0.717) is 35.9 Å². The number of benzene rings is 3. The number of methoxy groups -OCH3 is 1. The zero-order chi connectivity index (χ0) is 29.1. The fourth-order valence-corrected chi connectivity index (χ4v) is 4.98. The lowest BCUT2D eigenvalue weighted by Gasteiger charge is -2.33. The molecule has 0 radical (unpaired) electrons. The summed E-state index contributed by atoms with van der Waals surface area (Å²) in [7, 11) is -2.27. The van der Waals surface area contributed by atoms with Gasteiger partial charge in [0.25, 0.3) is 0 Å². The van der Waals surface area contributed by atoms with Crippen LogP contribution >= 0.6 is 0 Å². The summed E-state index contributed by atoms with van der Waals surface area (Å²) in [5.74, 6) is 1.06. The number of hydrogen-bond acceptors (Lipinski definition) is 6. The Morgan fingerprint density at radius 1 is 0.875 bits per heavy atom. The molecule has 214 valence electrons. The van der Waals surface area contributed by atoms with Gasteiger partial charge in [-0.2, -0.15) is 0 Å². The Labute approximate surface area is 236 Å². The summed E-state index contributed by atoms with van der Waals surface area (Å²) < 4.78 is 37.8. The van der Waals surface area contributed by atoms with Gasteiger partial charge in [0.15, 0.2) is 0 Å². The zero-order valence-corrected chi connectivity index (χ0v) is 24.2. The molecule has 0 aromatic heterocycles. The van der Waals surface area contributed by atoms with Crippen molar-refractivity contribution in [2.75, 3.05) is 30.8 Å². The molecule has 0 aliphatic heterocycles. The first-order valence-electron chi connectivity index (χ1n) is 13.2. The van der Waals surface area contributed by atoms with E-state index in [1.807, 2.05) is 56.3 Å². The van der Waals surface area contributed by atoms with Gasteiger partial charge < -0.3 is 19.7 Å². The molecule has 0 heterocycles. The van der Waals surface area contributed by atoms with Crippen LogP contribution in [0.2, 0.25) is 0 Å². The van der Waals surface area contributed by atoms with Crippen molar-refractivity contribution in [2.45, 2.75) is 39.3 Å². The Balaban J connectivity index is 1.88. The van der Waals surface area contributed by atoms with Crippen molar-refractivity contribution < 1.29 is 27.5 Å². The van der Waals surface area contributed by atoms with Crippen molar-refractivity contribution in [1.29, 1.82) is 0 Å². The SMILES string of the molecule is CCCNC(=O)[C@H](CC)N(Cc1ccc(OC)cc1)C(=O)CN(c1ccc(Oc2ccccc2)cc1)S(C)(=O)=O. The average molecular weight is 568 g/mol. The first kappa shape index (κ1) is 30.5. The van der Waals surface area contributed by atoms with E-state index in [-0.39, 0.29) is 12.5 Å². The van der Waals surface area contributed by atoms with Gasteiger partial charge in [0.05, 0.1) is 19.1 Å². The van der Waals surface area contributed by atoms with Gasteiger partial charge in [-0.25, -0.2) is 8.42 Å². The number of nitrogens with zero attached hydrogens (tertiary/aromatic N) is 2. The fraction of sp³-hybridized carbons (Fsp3) is 0.333. The first-order chi connectivity index (χ1) is 19.2. The molecule has 3 rings (SSSR count). The minimum atomic E-state index is -3.84. The van der Waals surface area contributed by atoms with Crippen molar-refractivity contribution in [3.05, 3.63) is 84.4 Å². The monoisotopic (exact) mass is 567 g/mol. The number of para-hydroxylation sites is 1. The second-order valence-electron chi connectivity index (χ2n) is 9.26. The summed E-state index contributed by atoms with van der Waals surface area (Å²) in [6, 6.07) is 22.1. The van der Waals surface area contributed by atoms with E-state index in [0.717, 1.165) is 22.5 Å². The van der Waals surface area contributed by atoms with E-state index in [1.165, 1.54) is 4.90 Å². The van der Waals surface area contributed by atoms with Crippen LogP contribution in [-0.4, -0.2) is 57.6 Å². The van der Waals surface area contributed by atoms with E-state index in [4.69, 9.17) is 9.47 Å². The molecule has 3 aromatic carbocycles. The van der Waals surface area contributed by atoms with Crippen molar-refractivity contribution in [3.63, 3.8) is 0 Å². The van der Waals surface area contributed by atoms with Crippen LogP contribution < -0.4 is 19.1 Å². The first-order valence-corrected chi connectivity index (χ1v) is 15.0. The van der Waals surface area contributed by atoms with Crippen molar-refractivity contribution in [3.8, 4) is 17.2 Å². The minimum Gasteiger partial charge on any atom is -0.497 e. The third kappa shape index (κ3) is 8.47. The number of amides is 2. The number of ether oxygens (including phenoxy) is 2. The van der Waals surface area contributed by atoms with Gasteiger partial charge in [0.2, 0.25) is 21.8 Å². The molecule has 2 amide bonds. The number of sulfonamides is 1. The van der Waals surface area contributed by atoms with Crippen LogP contribution in [-0.2, 0) is 26.2 Å². The molecule has 0 aliphatic rings. The third-order valence-electron chi connectivity index (χ3n) is 6.23. The van der Waals surface area contributed by atoms with Crippen molar-refractivity contribution in [2.24, 2.45) is 0 Å². The zero-order valence-electron chi connectivity index (χ0n) is 23.4. The number of carbonyl (C=O) groups is 2. The summed E-state index contributed by atoms with van der Waals surface area (Å²) in [4.78, 5) is 28.3. The van der Waals surface area contributed by atoms with Gasteiger partial charge in [-0.05, 0) is 66.9 Å². The number of hydrogen-bond donors (Lipinski definition) is 1. The van der Waals surface area contributed by atoms with Gasteiger partial charge in [-0.1, -0.05) is 44.2 Å². The quantitative estimate of drug-likeness (QED) is 0.306. The molecule has 1 atom stereocenters. The van der Waals surface area contributed by atoms with Gasteiger partial charge in [-0.3, -0.25) is 13.9 Å². The highest BCUT2D eigenvalue weighted by molar-refractivity contribution is 7.92. The third-order valence-corrected chi connectivity index (χ3v) is 7.37. The van der Waals surface area contributed by atoms with Gasteiger partial charge >= 0.3 is 0 Å². The van der Waals surface area contributed by atoms with Crippen LogP contribution in [0.1, 0.15) is 32.3 Å². The molecule has 0 saturated carbocycles. The van der Waals surface area contributed by atoms with E-state index in [2.05, 4.69) is 5.32 Å². The molecular weight excluding hydrogens is 530 g/mol.